The highest BCUT2D eigenvalue weighted by Crippen LogP contribution is 2.30. The van der Waals surface area contributed by atoms with Crippen molar-refractivity contribution in [2.45, 2.75) is 13.5 Å². The lowest BCUT2D eigenvalue weighted by Crippen LogP contribution is -2.22. The molecule has 0 bridgehead atoms. The van der Waals surface area contributed by atoms with E-state index in [1.807, 2.05) is 0 Å². The number of hydrogen-bond donors (Lipinski definition) is 1. The Morgan fingerprint density at radius 3 is 2.78 bits per heavy atom. The number of rotatable bonds is 6. The van der Waals surface area contributed by atoms with Gasteiger partial charge in [-0.3, -0.25) is 4.79 Å². The molecule has 0 saturated heterocycles. The Morgan fingerprint density at radius 2 is 2.07 bits per heavy atom. The molecular formula is C19H15ClF2N2O2S. The maximum atomic E-state index is 14.5. The van der Waals surface area contributed by atoms with E-state index < -0.39 is 11.6 Å². The third-order valence-electron chi connectivity index (χ3n) is 3.69. The number of thiazole rings is 1. The van der Waals surface area contributed by atoms with Crippen molar-refractivity contribution in [3.63, 3.8) is 0 Å². The molecule has 8 heteroatoms. The number of benzene rings is 2. The van der Waals surface area contributed by atoms with E-state index in [2.05, 4.69) is 10.3 Å². The van der Waals surface area contributed by atoms with Crippen molar-refractivity contribution in [1.82, 2.24) is 10.3 Å². The normalized spacial score (nSPS) is 10.7. The highest BCUT2D eigenvalue weighted by molar-refractivity contribution is 7.13. The molecule has 3 aromatic rings. The third kappa shape index (κ3) is 4.43. The summed E-state index contributed by atoms with van der Waals surface area (Å²) < 4.78 is 33.7. The zero-order chi connectivity index (χ0) is 19.4. The summed E-state index contributed by atoms with van der Waals surface area (Å²) in [5.74, 6) is -1.11. The standard InChI is InChI=1S/C19H15ClF2N2O2S/c1-2-23-18(25)17-10-27-19(24-17)12-7-6-11(8-16(12)22)26-9-13-14(20)4-3-5-15(13)21/h3-8,10H,2,9H2,1H3,(H,23,25). The molecular weight excluding hydrogens is 394 g/mol. The number of nitrogens with one attached hydrogen (secondary N) is 1. The molecule has 1 amide bonds. The fourth-order valence-corrected chi connectivity index (χ4v) is 3.38. The van der Waals surface area contributed by atoms with Gasteiger partial charge < -0.3 is 10.1 Å². The highest BCUT2D eigenvalue weighted by atomic mass is 35.5. The zero-order valence-electron chi connectivity index (χ0n) is 14.3. The van der Waals surface area contributed by atoms with Gasteiger partial charge in [0.25, 0.3) is 5.91 Å². The molecule has 0 aliphatic rings. The second-order valence-corrected chi connectivity index (χ2v) is 6.79. The third-order valence-corrected chi connectivity index (χ3v) is 4.92. The van der Waals surface area contributed by atoms with Crippen molar-refractivity contribution in [2.75, 3.05) is 6.54 Å². The second-order valence-electron chi connectivity index (χ2n) is 5.53. The lowest BCUT2D eigenvalue weighted by atomic mass is 10.2. The van der Waals surface area contributed by atoms with Crippen molar-refractivity contribution in [1.29, 1.82) is 0 Å². The van der Waals surface area contributed by atoms with Crippen LogP contribution in [0.3, 0.4) is 0 Å². The van der Waals surface area contributed by atoms with Crippen LogP contribution in [0.5, 0.6) is 5.75 Å². The topological polar surface area (TPSA) is 51.2 Å². The number of hydrogen-bond acceptors (Lipinski definition) is 4. The van der Waals surface area contributed by atoms with Crippen molar-refractivity contribution in [3.05, 3.63) is 69.7 Å². The first-order chi connectivity index (χ1) is 13.0. The van der Waals surface area contributed by atoms with E-state index >= 15 is 0 Å². The summed E-state index contributed by atoms with van der Waals surface area (Å²) in [5.41, 5.74) is 0.702. The minimum absolute atomic E-state index is 0.122. The van der Waals surface area contributed by atoms with E-state index in [4.69, 9.17) is 16.3 Å². The largest absolute Gasteiger partial charge is 0.489 e. The zero-order valence-corrected chi connectivity index (χ0v) is 15.8. The molecule has 2 aromatic carbocycles. The van der Waals surface area contributed by atoms with E-state index in [0.29, 0.717) is 11.6 Å². The van der Waals surface area contributed by atoms with E-state index in [1.54, 1.807) is 24.4 Å². The van der Waals surface area contributed by atoms with E-state index in [9.17, 15) is 13.6 Å². The number of nitrogens with zero attached hydrogens (tertiary/aromatic N) is 1. The van der Waals surface area contributed by atoms with Gasteiger partial charge in [0.1, 0.15) is 34.7 Å². The van der Waals surface area contributed by atoms with Crippen molar-refractivity contribution in [2.24, 2.45) is 0 Å². The fourth-order valence-electron chi connectivity index (χ4n) is 2.34. The molecule has 0 radical (unpaired) electrons. The summed E-state index contributed by atoms with van der Waals surface area (Å²) in [5, 5.41) is 4.85. The molecule has 1 N–H and O–H groups in total. The fraction of sp³-hybridized carbons (Fsp3) is 0.158. The predicted octanol–water partition coefficient (Wildman–Crippen LogP) is 5.07. The minimum Gasteiger partial charge on any atom is -0.489 e. The maximum absolute atomic E-state index is 14.5. The van der Waals surface area contributed by atoms with Crippen LogP contribution in [0.15, 0.2) is 41.8 Å². The molecule has 0 spiro atoms. The smallest absolute Gasteiger partial charge is 0.270 e. The van der Waals surface area contributed by atoms with Gasteiger partial charge in [0, 0.05) is 29.1 Å². The first-order valence-electron chi connectivity index (χ1n) is 8.09. The number of ether oxygens (including phenoxy) is 1. The van der Waals surface area contributed by atoms with Gasteiger partial charge in [0.15, 0.2) is 0 Å². The van der Waals surface area contributed by atoms with E-state index in [-0.39, 0.29) is 40.1 Å². The molecule has 0 fully saturated rings. The summed E-state index contributed by atoms with van der Waals surface area (Å²) in [6, 6.07) is 8.59. The Kier molecular flexibility index (Phi) is 6.03. The summed E-state index contributed by atoms with van der Waals surface area (Å²) >= 11 is 7.12. The van der Waals surface area contributed by atoms with Crippen LogP contribution < -0.4 is 10.1 Å². The average Bonchev–Trinajstić information content (AvgIpc) is 3.11. The van der Waals surface area contributed by atoms with Gasteiger partial charge in [0.2, 0.25) is 0 Å². The highest BCUT2D eigenvalue weighted by Gasteiger charge is 2.15. The minimum atomic E-state index is -0.552. The van der Waals surface area contributed by atoms with Gasteiger partial charge in [-0.2, -0.15) is 0 Å². The Labute approximate surface area is 163 Å². The molecule has 0 unspecified atom stereocenters. The quantitative estimate of drug-likeness (QED) is 0.619. The first-order valence-corrected chi connectivity index (χ1v) is 9.34. The van der Waals surface area contributed by atoms with Crippen molar-refractivity contribution >= 4 is 28.8 Å². The van der Waals surface area contributed by atoms with Gasteiger partial charge in [-0.05, 0) is 31.2 Å². The molecule has 27 heavy (non-hydrogen) atoms. The van der Waals surface area contributed by atoms with Crippen LogP contribution >= 0.6 is 22.9 Å². The number of amides is 1. The maximum Gasteiger partial charge on any atom is 0.270 e. The number of aromatic nitrogens is 1. The monoisotopic (exact) mass is 408 g/mol. The molecule has 0 saturated carbocycles. The molecule has 4 nitrogen and oxygen atoms in total. The van der Waals surface area contributed by atoms with E-state index in [0.717, 1.165) is 0 Å². The molecule has 1 heterocycles. The van der Waals surface area contributed by atoms with Gasteiger partial charge in [-0.15, -0.1) is 11.3 Å². The van der Waals surface area contributed by atoms with Crippen LogP contribution in [0.25, 0.3) is 10.6 Å². The Bertz CT molecular complexity index is 958. The van der Waals surface area contributed by atoms with Crippen LogP contribution in [-0.2, 0) is 6.61 Å². The van der Waals surface area contributed by atoms with Crippen molar-refractivity contribution in [3.8, 4) is 16.3 Å². The van der Waals surface area contributed by atoms with Crippen LogP contribution in [0.4, 0.5) is 8.78 Å². The van der Waals surface area contributed by atoms with Gasteiger partial charge in [-0.1, -0.05) is 17.7 Å². The molecule has 0 aliphatic heterocycles. The van der Waals surface area contributed by atoms with Crippen LogP contribution in [-0.4, -0.2) is 17.4 Å². The Morgan fingerprint density at radius 1 is 1.26 bits per heavy atom. The van der Waals surface area contributed by atoms with Crippen molar-refractivity contribution < 1.29 is 18.3 Å². The lowest BCUT2D eigenvalue weighted by Gasteiger charge is -2.09. The van der Waals surface area contributed by atoms with Gasteiger partial charge in [-0.25, -0.2) is 13.8 Å². The molecule has 140 valence electrons. The molecule has 0 atom stereocenters. The summed E-state index contributed by atoms with van der Waals surface area (Å²) in [6.45, 7) is 2.17. The SMILES string of the molecule is CCNC(=O)c1csc(-c2ccc(OCc3c(F)cccc3Cl)cc2F)n1. The average molecular weight is 409 g/mol. The lowest BCUT2D eigenvalue weighted by molar-refractivity contribution is 0.0951. The summed E-state index contributed by atoms with van der Waals surface area (Å²) in [6.07, 6.45) is 0. The van der Waals surface area contributed by atoms with E-state index in [1.165, 1.54) is 35.6 Å². The van der Waals surface area contributed by atoms with Crippen LogP contribution in [0, 0.1) is 11.6 Å². The van der Waals surface area contributed by atoms with Gasteiger partial charge >= 0.3 is 0 Å². The number of halogens is 3. The molecule has 0 aliphatic carbocycles. The van der Waals surface area contributed by atoms with Crippen LogP contribution in [0.1, 0.15) is 23.0 Å². The number of carbonyl (C=O) groups excluding carboxylic acids is 1. The Balaban J connectivity index is 1.75. The summed E-state index contributed by atoms with van der Waals surface area (Å²) in [4.78, 5) is 15.9. The van der Waals surface area contributed by atoms with Gasteiger partial charge in [0.05, 0.1) is 5.02 Å². The summed E-state index contributed by atoms with van der Waals surface area (Å²) in [7, 11) is 0. The first kappa shape index (κ1) is 19.3. The Hall–Kier alpha value is -2.51. The van der Waals surface area contributed by atoms with Crippen LogP contribution in [0.2, 0.25) is 5.02 Å². The number of carbonyl (C=O) groups is 1. The predicted molar refractivity (Wildman–Crippen MR) is 101 cm³/mol. The molecule has 3 rings (SSSR count). The molecule has 1 aromatic heterocycles. The second kappa shape index (κ2) is 8.45.